The van der Waals surface area contributed by atoms with Crippen LogP contribution in [0.2, 0.25) is 0 Å². The number of hydrogen-bond donors (Lipinski definition) is 3. The number of nitrogen functional groups attached to an aromatic ring is 1. The van der Waals surface area contributed by atoms with Gasteiger partial charge in [0.1, 0.15) is 0 Å². The maximum absolute atomic E-state index is 8.93. The van der Waals surface area contributed by atoms with Gasteiger partial charge in [-0.3, -0.25) is 0 Å². The van der Waals surface area contributed by atoms with Gasteiger partial charge in [0.05, 0.1) is 0 Å². The van der Waals surface area contributed by atoms with Gasteiger partial charge >= 0.3 is 7.12 Å². The molecule has 1 aromatic carbocycles. The third-order valence-corrected chi connectivity index (χ3v) is 2.15. The molecule has 0 saturated carbocycles. The van der Waals surface area contributed by atoms with Gasteiger partial charge in [0.2, 0.25) is 0 Å². The van der Waals surface area contributed by atoms with Gasteiger partial charge in [0, 0.05) is 5.69 Å². The SMILES string of the molecule is Cc1c(N)ccc(B(O)O)c1C. The van der Waals surface area contributed by atoms with Gasteiger partial charge < -0.3 is 15.8 Å². The lowest BCUT2D eigenvalue weighted by Crippen LogP contribution is -2.32. The highest BCUT2D eigenvalue weighted by atomic mass is 16.4. The molecule has 0 atom stereocenters. The summed E-state index contributed by atoms with van der Waals surface area (Å²) in [5, 5.41) is 17.9. The van der Waals surface area contributed by atoms with Crippen molar-refractivity contribution in [2.24, 2.45) is 0 Å². The summed E-state index contributed by atoms with van der Waals surface area (Å²) in [6.07, 6.45) is 0. The van der Waals surface area contributed by atoms with Crippen LogP contribution in [0.25, 0.3) is 0 Å². The fourth-order valence-electron chi connectivity index (χ4n) is 1.14. The van der Waals surface area contributed by atoms with E-state index < -0.39 is 7.12 Å². The van der Waals surface area contributed by atoms with Crippen molar-refractivity contribution in [2.75, 3.05) is 5.73 Å². The van der Waals surface area contributed by atoms with Crippen LogP contribution in [0.4, 0.5) is 5.69 Å². The molecular formula is C8H12BNO2. The lowest BCUT2D eigenvalue weighted by molar-refractivity contribution is 0.425. The van der Waals surface area contributed by atoms with Crippen molar-refractivity contribution < 1.29 is 10.0 Å². The second-order valence-corrected chi connectivity index (χ2v) is 2.87. The molecular weight excluding hydrogens is 153 g/mol. The minimum absolute atomic E-state index is 0.515. The van der Waals surface area contributed by atoms with E-state index in [1.807, 2.05) is 13.8 Å². The fraction of sp³-hybridized carbons (Fsp3) is 0.250. The first-order valence-electron chi connectivity index (χ1n) is 3.75. The molecule has 0 heterocycles. The van der Waals surface area contributed by atoms with E-state index in [4.69, 9.17) is 15.8 Å². The lowest BCUT2D eigenvalue weighted by Gasteiger charge is -2.09. The van der Waals surface area contributed by atoms with Crippen LogP contribution >= 0.6 is 0 Å². The van der Waals surface area contributed by atoms with E-state index in [9.17, 15) is 0 Å². The van der Waals surface area contributed by atoms with Crippen LogP contribution < -0.4 is 11.2 Å². The quantitative estimate of drug-likeness (QED) is 0.390. The van der Waals surface area contributed by atoms with Crippen molar-refractivity contribution in [1.82, 2.24) is 0 Å². The van der Waals surface area contributed by atoms with E-state index in [2.05, 4.69) is 0 Å². The molecule has 0 bridgehead atoms. The van der Waals surface area contributed by atoms with Crippen LogP contribution in [0.15, 0.2) is 12.1 Å². The predicted octanol–water partition coefficient (Wildman–Crippen LogP) is -0.435. The Kier molecular flexibility index (Phi) is 2.40. The molecule has 0 spiro atoms. The van der Waals surface area contributed by atoms with Crippen LogP contribution in [0.3, 0.4) is 0 Å². The molecule has 64 valence electrons. The third-order valence-electron chi connectivity index (χ3n) is 2.15. The van der Waals surface area contributed by atoms with Crippen LogP contribution in [0, 0.1) is 13.8 Å². The molecule has 0 saturated heterocycles. The number of anilines is 1. The maximum atomic E-state index is 8.93. The summed E-state index contributed by atoms with van der Waals surface area (Å²) in [6, 6.07) is 3.30. The Labute approximate surface area is 72.0 Å². The Morgan fingerprint density at radius 3 is 2.25 bits per heavy atom. The zero-order valence-corrected chi connectivity index (χ0v) is 7.20. The van der Waals surface area contributed by atoms with Crippen LogP contribution in [0.1, 0.15) is 11.1 Å². The smallest absolute Gasteiger partial charge is 0.423 e. The van der Waals surface area contributed by atoms with E-state index in [0.29, 0.717) is 11.2 Å². The van der Waals surface area contributed by atoms with Crippen molar-refractivity contribution in [1.29, 1.82) is 0 Å². The van der Waals surface area contributed by atoms with Gasteiger partial charge in [-0.25, -0.2) is 0 Å². The van der Waals surface area contributed by atoms with Gasteiger partial charge in [-0.1, -0.05) is 6.07 Å². The van der Waals surface area contributed by atoms with Gasteiger partial charge in [0.15, 0.2) is 0 Å². The summed E-state index contributed by atoms with van der Waals surface area (Å²) < 4.78 is 0. The molecule has 0 fully saturated rings. The molecule has 0 unspecified atom stereocenters. The normalized spacial score (nSPS) is 10.0. The number of nitrogens with two attached hydrogens (primary N) is 1. The van der Waals surface area contributed by atoms with E-state index in [0.717, 1.165) is 11.1 Å². The van der Waals surface area contributed by atoms with Gasteiger partial charge in [-0.05, 0) is 36.5 Å². The first kappa shape index (κ1) is 9.10. The standard InChI is InChI=1S/C8H12BNO2/c1-5-6(2)8(10)4-3-7(5)9(11)12/h3-4,11-12H,10H2,1-2H3. The molecule has 1 rings (SSSR count). The van der Waals surface area contributed by atoms with Crippen LogP contribution in [-0.2, 0) is 0 Å². The van der Waals surface area contributed by atoms with Gasteiger partial charge in [0.25, 0.3) is 0 Å². The lowest BCUT2D eigenvalue weighted by atomic mass is 9.76. The van der Waals surface area contributed by atoms with E-state index in [1.165, 1.54) is 0 Å². The highest BCUT2D eigenvalue weighted by Crippen LogP contribution is 2.12. The Bertz CT molecular complexity index is 299. The zero-order valence-electron chi connectivity index (χ0n) is 7.20. The summed E-state index contributed by atoms with van der Waals surface area (Å²) in [6.45, 7) is 3.68. The second kappa shape index (κ2) is 3.17. The average molecular weight is 165 g/mol. The fourth-order valence-corrected chi connectivity index (χ4v) is 1.14. The molecule has 12 heavy (non-hydrogen) atoms. The van der Waals surface area contributed by atoms with Crippen LogP contribution in [-0.4, -0.2) is 17.2 Å². The molecule has 0 aliphatic rings. The highest BCUT2D eigenvalue weighted by molar-refractivity contribution is 6.59. The number of rotatable bonds is 1. The van der Waals surface area contributed by atoms with E-state index >= 15 is 0 Å². The summed E-state index contributed by atoms with van der Waals surface area (Å²) in [4.78, 5) is 0. The van der Waals surface area contributed by atoms with Crippen molar-refractivity contribution in [3.8, 4) is 0 Å². The summed E-state index contributed by atoms with van der Waals surface area (Å²) in [7, 11) is -1.41. The first-order chi connectivity index (χ1) is 5.54. The topological polar surface area (TPSA) is 66.5 Å². The molecule has 0 aromatic heterocycles. The van der Waals surface area contributed by atoms with Crippen molar-refractivity contribution in [3.05, 3.63) is 23.3 Å². The van der Waals surface area contributed by atoms with Crippen molar-refractivity contribution in [3.63, 3.8) is 0 Å². The Morgan fingerprint density at radius 2 is 1.75 bits per heavy atom. The Hall–Kier alpha value is -0.995. The molecule has 0 amide bonds. The summed E-state index contributed by atoms with van der Waals surface area (Å²) in [5.74, 6) is 0. The van der Waals surface area contributed by atoms with Crippen molar-refractivity contribution in [2.45, 2.75) is 13.8 Å². The van der Waals surface area contributed by atoms with Gasteiger partial charge in [-0.2, -0.15) is 0 Å². The zero-order chi connectivity index (χ0) is 9.30. The largest absolute Gasteiger partial charge is 0.488 e. The molecule has 0 aliphatic carbocycles. The van der Waals surface area contributed by atoms with Crippen molar-refractivity contribution >= 4 is 18.3 Å². The minimum atomic E-state index is -1.41. The first-order valence-corrected chi connectivity index (χ1v) is 3.75. The Balaban J connectivity index is 3.27. The van der Waals surface area contributed by atoms with Gasteiger partial charge in [-0.15, -0.1) is 0 Å². The molecule has 0 radical (unpaired) electrons. The van der Waals surface area contributed by atoms with Crippen LogP contribution in [0.5, 0.6) is 0 Å². The minimum Gasteiger partial charge on any atom is -0.423 e. The summed E-state index contributed by atoms with van der Waals surface area (Å²) >= 11 is 0. The molecule has 4 N–H and O–H groups in total. The number of hydrogen-bond acceptors (Lipinski definition) is 3. The summed E-state index contributed by atoms with van der Waals surface area (Å²) in [5.41, 5.74) is 8.56. The third kappa shape index (κ3) is 1.44. The molecule has 3 nitrogen and oxygen atoms in total. The average Bonchev–Trinajstić information content (AvgIpc) is 2.00. The number of benzene rings is 1. The maximum Gasteiger partial charge on any atom is 0.488 e. The van der Waals surface area contributed by atoms with E-state index in [1.54, 1.807) is 12.1 Å². The Morgan fingerprint density at radius 1 is 1.17 bits per heavy atom. The molecule has 1 aromatic rings. The molecule has 0 aliphatic heterocycles. The molecule has 4 heteroatoms. The second-order valence-electron chi connectivity index (χ2n) is 2.87. The predicted molar refractivity (Wildman–Crippen MR) is 50.2 cm³/mol. The monoisotopic (exact) mass is 165 g/mol. The van der Waals surface area contributed by atoms with E-state index in [-0.39, 0.29) is 0 Å². The highest BCUT2D eigenvalue weighted by Gasteiger charge is 2.15.